The van der Waals surface area contributed by atoms with Crippen molar-refractivity contribution in [3.05, 3.63) is 35.4 Å². The van der Waals surface area contributed by atoms with Crippen LogP contribution in [-0.4, -0.2) is 23.9 Å². The van der Waals surface area contributed by atoms with E-state index in [9.17, 15) is 13.6 Å². The van der Waals surface area contributed by atoms with Gasteiger partial charge in [-0.1, -0.05) is 6.92 Å². The maximum absolute atomic E-state index is 13.1. The van der Waals surface area contributed by atoms with Crippen molar-refractivity contribution in [2.45, 2.75) is 26.2 Å². The highest BCUT2D eigenvalue weighted by Crippen LogP contribution is 2.30. The maximum Gasteiger partial charge on any atom is 0.254 e. The second-order valence-electron chi connectivity index (χ2n) is 4.85. The van der Waals surface area contributed by atoms with Crippen LogP contribution in [0.1, 0.15) is 36.5 Å². The van der Waals surface area contributed by atoms with Crippen molar-refractivity contribution in [2.24, 2.45) is 5.92 Å². The molecule has 18 heavy (non-hydrogen) atoms. The van der Waals surface area contributed by atoms with Crippen molar-refractivity contribution in [3.63, 3.8) is 0 Å². The summed E-state index contributed by atoms with van der Waals surface area (Å²) in [5.41, 5.74) is 0.0987. The summed E-state index contributed by atoms with van der Waals surface area (Å²) in [4.78, 5) is 13.9. The predicted molar refractivity (Wildman–Crippen MR) is 65.3 cm³/mol. The average Bonchev–Trinajstić information content (AvgIpc) is 3.10. The molecular weight excluding hydrogens is 236 g/mol. The topological polar surface area (TPSA) is 20.3 Å². The van der Waals surface area contributed by atoms with E-state index in [4.69, 9.17) is 0 Å². The molecule has 98 valence electrons. The fraction of sp³-hybridized carbons (Fsp3) is 0.500. The highest BCUT2D eigenvalue weighted by atomic mass is 19.1. The predicted octanol–water partition coefficient (Wildman–Crippen LogP) is 3.23. The maximum atomic E-state index is 13.1. The zero-order valence-electron chi connectivity index (χ0n) is 10.5. The molecule has 1 aliphatic carbocycles. The quantitative estimate of drug-likeness (QED) is 0.789. The first-order valence-electron chi connectivity index (χ1n) is 6.35. The Morgan fingerprint density at radius 1 is 1.28 bits per heavy atom. The van der Waals surface area contributed by atoms with Gasteiger partial charge in [-0.15, -0.1) is 0 Å². The van der Waals surface area contributed by atoms with Crippen LogP contribution in [-0.2, 0) is 0 Å². The minimum Gasteiger partial charge on any atom is -0.338 e. The van der Waals surface area contributed by atoms with Gasteiger partial charge < -0.3 is 4.90 Å². The van der Waals surface area contributed by atoms with Crippen molar-refractivity contribution in [3.8, 4) is 0 Å². The molecule has 0 saturated heterocycles. The lowest BCUT2D eigenvalue weighted by molar-refractivity contribution is 0.0746. The Labute approximate surface area is 106 Å². The van der Waals surface area contributed by atoms with Crippen LogP contribution in [0.3, 0.4) is 0 Å². The van der Waals surface area contributed by atoms with Crippen LogP contribution in [0.4, 0.5) is 8.78 Å². The van der Waals surface area contributed by atoms with Crippen LogP contribution >= 0.6 is 0 Å². The van der Waals surface area contributed by atoms with Crippen LogP contribution < -0.4 is 0 Å². The summed E-state index contributed by atoms with van der Waals surface area (Å²) in [5, 5.41) is 0. The van der Waals surface area contributed by atoms with Gasteiger partial charge in [-0.05, 0) is 37.3 Å². The lowest BCUT2D eigenvalue weighted by Gasteiger charge is -2.22. The lowest BCUT2D eigenvalue weighted by Crippen LogP contribution is -2.33. The van der Waals surface area contributed by atoms with Crippen molar-refractivity contribution >= 4 is 5.91 Å². The fourth-order valence-electron chi connectivity index (χ4n) is 2.02. The number of benzene rings is 1. The summed E-state index contributed by atoms with van der Waals surface area (Å²) in [6.07, 6.45) is 3.13. The van der Waals surface area contributed by atoms with Crippen molar-refractivity contribution in [1.29, 1.82) is 0 Å². The van der Waals surface area contributed by atoms with E-state index in [1.807, 2.05) is 6.92 Å². The monoisotopic (exact) mass is 253 g/mol. The van der Waals surface area contributed by atoms with Crippen LogP contribution in [0.15, 0.2) is 18.2 Å². The molecule has 1 aromatic carbocycles. The first-order chi connectivity index (χ1) is 8.60. The highest BCUT2D eigenvalue weighted by molar-refractivity contribution is 5.94. The number of hydrogen-bond acceptors (Lipinski definition) is 1. The molecule has 1 aromatic rings. The molecule has 2 nitrogen and oxygen atoms in total. The molecule has 0 aromatic heterocycles. The molecule has 1 amide bonds. The van der Waals surface area contributed by atoms with E-state index in [-0.39, 0.29) is 11.5 Å². The van der Waals surface area contributed by atoms with Gasteiger partial charge in [0.25, 0.3) is 5.91 Å². The summed E-state index contributed by atoms with van der Waals surface area (Å²) < 4.78 is 26.2. The number of carbonyl (C=O) groups is 1. The second-order valence-corrected chi connectivity index (χ2v) is 4.85. The second kappa shape index (κ2) is 5.46. The SMILES string of the molecule is CCCN(CC1CC1)C(=O)c1cc(F)cc(F)c1. The minimum absolute atomic E-state index is 0.0987. The van der Waals surface area contributed by atoms with Gasteiger partial charge in [-0.3, -0.25) is 4.79 Å². The summed E-state index contributed by atoms with van der Waals surface area (Å²) in [6.45, 7) is 3.32. The summed E-state index contributed by atoms with van der Waals surface area (Å²) in [6, 6.07) is 2.98. The lowest BCUT2D eigenvalue weighted by atomic mass is 10.1. The van der Waals surface area contributed by atoms with E-state index in [0.717, 1.165) is 37.5 Å². The molecule has 0 bridgehead atoms. The Morgan fingerprint density at radius 2 is 1.89 bits per heavy atom. The van der Waals surface area contributed by atoms with Crippen molar-refractivity contribution < 1.29 is 13.6 Å². The van der Waals surface area contributed by atoms with Gasteiger partial charge in [-0.25, -0.2) is 8.78 Å². The van der Waals surface area contributed by atoms with E-state index in [1.165, 1.54) is 0 Å². The zero-order valence-corrected chi connectivity index (χ0v) is 10.5. The molecular formula is C14H17F2NO. The van der Waals surface area contributed by atoms with E-state index in [2.05, 4.69) is 0 Å². The molecule has 0 radical (unpaired) electrons. The van der Waals surface area contributed by atoms with Crippen LogP contribution in [0.25, 0.3) is 0 Å². The number of nitrogens with zero attached hydrogens (tertiary/aromatic N) is 1. The van der Waals surface area contributed by atoms with Gasteiger partial charge in [0.05, 0.1) is 0 Å². The normalized spacial score (nSPS) is 14.6. The third kappa shape index (κ3) is 3.28. The van der Waals surface area contributed by atoms with Crippen molar-refractivity contribution in [2.75, 3.05) is 13.1 Å². The molecule has 0 heterocycles. The zero-order chi connectivity index (χ0) is 13.1. The average molecular weight is 253 g/mol. The van der Waals surface area contributed by atoms with Crippen molar-refractivity contribution in [1.82, 2.24) is 4.90 Å². The molecule has 4 heteroatoms. The van der Waals surface area contributed by atoms with E-state index in [0.29, 0.717) is 19.0 Å². The number of rotatable bonds is 5. The van der Waals surface area contributed by atoms with Crippen LogP contribution in [0.2, 0.25) is 0 Å². The third-order valence-electron chi connectivity index (χ3n) is 3.07. The van der Waals surface area contributed by atoms with Gasteiger partial charge in [0.2, 0.25) is 0 Å². The first-order valence-corrected chi connectivity index (χ1v) is 6.35. The summed E-state index contributed by atoms with van der Waals surface area (Å²) in [5.74, 6) is -1.12. The van der Waals surface area contributed by atoms with E-state index >= 15 is 0 Å². The smallest absolute Gasteiger partial charge is 0.254 e. The fourth-order valence-corrected chi connectivity index (χ4v) is 2.02. The minimum atomic E-state index is -0.707. The summed E-state index contributed by atoms with van der Waals surface area (Å²) in [7, 11) is 0. The van der Waals surface area contributed by atoms with E-state index in [1.54, 1.807) is 4.90 Å². The Bertz CT molecular complexity index is 423. The van der Waals surface area contributed by atoms with E-state index < -0.39 is 11.6 Å². The molecule has 2 rings (SSSR count). The van der Waals surface area contributed by atoms with Gasteiger partial charge in [-0.2, -0.15) is 0 Å². The molecule has 0 spiro atoms. The van der Waals surface area contributed by atoms with Gasteiger partial charge in [0, 0.05) is 24.7 Å². The molecule has 0 aliphatic heterocycles. The largest absolute Gasteiger partial charge is 0.338 e. The van der Waals surface area contributed by atoms with Gasteiger partial charge in [0.15, 0.2) is 0 Å². The molecule has 0 unspecified atom stereocenters. The number of amides is 1. The first kappa shape index (κ1) is 13.0. The molecule has 1 saturated carbocycles. The molecule has 0 N–H and O–H groups in total. The number of carbonyl (C=O) groups excluding carboxylic acids is 1. The molecule has 1 aliphatic rings. The Balaban J connectivity index is 2.14. The van der Waals surface area contributed by atoms with Crippen LogP contribution in [0.5, 0.6) is 0 Å². The van der Waals surface area contributed by atoms with Gasteiger partial charge in [0.1, 0.15) is 11.6 Å². The standard InChI is InChI=1S/C14H17F2NO/c1-2-5-17(9-10-3-4-10)14(18)11-6-12(15)8-13(16)7-11/h6-8,10H,2-5,9H2,1H3. The van der Waals surface area contributed by atoms with Gasteiger partial charge >= 0.3 is 0 Å². The summed E-state index contributed by atoms with van der Waals surface area (Å²) >= 11 is 0. The Hall–Kier alpha value is -1.45. The third-order valence-corrected chi connectivity index (χ3v) is 3.07. The van der Waals surface area contributed by atoms with Crippen LogP contribution in [0, 0.1) is 17.6 Å². The number of halogens is 2. The molecule has 1 fully saturated rings. The highest BCUT2D eigenvalue weighted by Gasteiger charge is 2.27. The Morgan fingerprint density at radius 3 is 2.39 bits per heavy atom. The Kier molecular flexibility index (Phi) is 3.94. The molecule has 0 atom stereocenters. The number of hydrogen-bond donors (Lipinski definition) is 0.